The number of hydrogen-bond donors (Lipinski definition) is 2. The van der Waals surface area contributed by atoms with Gasteiger partial charge in [0.1, 0.15) is 5.75 Å². The summed E-state index contributed by atoms with van der Waals surface area (Å²) in [4.78, 5) is 13.1. The number of hydrogen-bond acceptors (Lipinski definition) is 4. The number of anilines is 1. The fourth-order valence-electron chi connectivity index (χ4n) is 3.83. The maximum absolute atomic E-state index is 10.1. The van der Waals surface area contributed by atoms with Crippen LogP contribution < -0.4 is 10.2 Å². The van der Waals surface area contributed by atoms with Gasteiger partial charge in [0.2, 0.25) is 0 Å². The molecule has 1 aliphatic heterocycles. The van der Waals surface area contributed by atoms with Crippen molar-refractivity contribution in [3.8, 4) is 5.75 Å². The van der Waals surface area contributed by atoms with Gasteiger partial charge in [-0.25, -0.2) is 4.98 Å². The lowest BCUT2D eigenvalue weighted by Crippen LogP contribution is -2.52. The normalized spacial score (nSPS) is 14.3. The van der Waals surface area contributed by atoms with Crippen molar-refractivity contribution in [1.29, 1.82) is 0 Å². The van der Waals surface area contributed by atoms with E-state index in [1.807, 2.05) is 37.8 Å². The number of nitrogens with one attached hydrogen (secondary N) is 1. The molecule has 0 spiro atoms. The Balaban J connectivity index is 0.00000272. The molecule has 0 bridgehead atoms. The van der Waals surface area contributed by atoms with E-state index in [0.29, 0.717) is 5.75 Å². The van der Waals surface area contributed by atoms with Gasteiger partial charge in [0.05, 0.1) is 12.0 Å². The zero-order valence-corrected chi connectivity index (χ0v) is 20.0. The summed E-state index contributed by atoms with van der Waals surface area (Å²) in [5, 5.41) is 13.6. The van der Waals surface area contributed by atoms with E-state index in [1.54, 1.807) is 12.3 Å². The van der Waals surface area contributed by atoms with Crippen LogP contribution in [0.15, 0.2) is 72.2 Å². The van der Waals surface area contributed by atoms with E-state index in [0.717, 1.165) is 50.9 Å². The first-order valence-corrected chi connectivity index (χ1v) is 10.2. The minimum absolute atomic E-state index is 0. The Labute approximate surface area is 200 Å². The van der Waals surface area contributed by atoms with E-state index in [1.165, 1.54) is 11.1 Å². The number of benzene rings is 2. The van der Waals surface area contributed by atoms with Gasteiger partial charge in [-0.2, -0.15) is 0 Å². The minimum Gasteiger partial charge on any atom is -0.506 e. The molecule has 7 nitrogen and oxygen atoms in total. The van der Waals surface area contributed by atoms with Gasteiger partial charge in [-0.05, 0) is 23.3 Å². The zero-order valence-electron chi connectivity index (χ0n) is 17.7. The number of rotatable bonds is 5. The lowest BCUT2D eigenvalue weighted by atomic mass is 10.1. The first-order valence-electron chi connectivity index (χ1n) is 10.2. The summed E-state index contributed by atoms with van der Waals surface area (Å²) in [5.74, 6) is 1.25. The van der Waals surface area contributed by atoms with Crippen LogP contribution in [0.4, 0.5) is 5.69 Å². The number of nitrogens with zero attached hydrogens (tertiary/aromatic N) is 5. The maximum Gasteiger partial charge on any atom is 0.194 e. The predicted octanol–water partition coefficient (Wildman–Crippen LogP) is 3.15. The monoisotopic (exact) mass is 532 g/mol. The van der Waals surface area contributed by atoms with Crippen molar-refractivity contribution in [3.63, 3.8) is 0 Å². The average molecular weight is 532 g/mol. The Kier molecular flexibility index (Phi) is 8.16. The van der Waals surface area contributed by atoms with Crippen molar-refractivity contribution in [3.05, 3.63) is 78.4 Å². The number of aromatic nitrogens is 2. The molecule has 1 aromatic heterocycles. The molecule has 0 atom stereocenters. The van der Waals surface area contributed by atoms with Gasteiger partial charge in [-0.1, -0.05) is 36.4 Å². The molecule has 164 valence electrons. The minimum atomic E-state index is 0. The first kappa shape index (κ1) is 22.9. The van der Waals surface area contributed by atoms with Crippen LogP contribution in [0.5, 0.6) is 5.75 Å². The second-order valence-corrected chi connectivity index (χ2v) is 7.42. The highest BCUT2D eigenvalue weighted by atomic mass is 127. The summed E-state index contributed by atoms with van der Waals surface area (Å²) < 4.78 is 2.06. The quantitative estimate of drug-likeness (QED) is 0.300. The Morgan fingerprint density at radius 2 is 1.84 bits per heavy atom. The van der Waals surface area contributed by atoms with Crippen molar-refractivity contribution < 1.29 is 5.11 Å². The summed E-state index contributed by atoms with van der Waals surface area (Å²) in [6.45, 7) is 4.95. The van der Waals surface area contributed by atoms with Crippen LogP contribution in [-0.4, -0.2) is 58.7 Å². The van der Waals surface area contributed by atoms with Gasteiger partial charge in [0.25, 0.3) is 0 Å². The van der Waals surface area contributed by atoms with Crippen LogP contribution in [0.1, 0.15) is 11.1 Å². The van der Waals surface area contributed by atoms with Gasteiger partial charge < -0.3 is 24.8 Å². The highest BCUT2D eigenvalue weighted by molar-refractivity contribution is 14.0. The van der Waals surface area contributed by atoms with E-state index in [-0.39, 0.29) is 24.0 Å². The average Bonchev–Trinajstić information content (AvgIpc) is 3.28. The molecule has 4 rings (SSSR count). The van der Waals surface area contributed by atoms with Gasteiger partial charge >= 0.3 is 0 Å². The lowest BCUT2D eigenvalue weighted by Gasteiger charge is -2.37. The molecule has 0 amide bonds. The van der Waals surface area contributed by atoms with Crippen LogP contribution in [0.2, 0.25) is 0 Å². The van der Waals surface area contributed by atoms with Gasteiger partial charge in [0.15, 0.2) is 5.96 Å². The number of imidazole rings is 1. The number of piperazine rings is 1. The maximum atomic E-state index is 10.1. The van der Waals surface area contributed by atoms with Crippen molar-refractivity contribution >= 4 is 35.6 Å². The number of aromatic hydroxyl groups is 1. The van der Waals surface area contributed by atoms with Crippen molar-refractivity contribution in [2.24, 2.45) is 4.99 Å². The van der Waals surface area contributed by atoms with Gasteiger partial charge in [0, 0.05) is 58.7 Å². The second kappa shape index (κ2) is 11.0. The molecule has 0 aliphatic carbocycles. The van der Waals surface area contributed by atoms with Crippen molar-refractivity contribution in [1.82, 2.24) is 19.8 Å². The number of aliphatic imine (C=N–C) groups is 1. The number of para-hydroxylation sites is 2. The highest BCUT2D eigenvalue weighted by Crippen LogP contribution is 2.27. The molecule has 31 heavy (non-hydrogen) atoms. The van der Waals surface area contributed by atoms with Gasteiger partial charge in [-0.3, -0.25) is 4.99 Å². The lowest BCUT2D eigenvalue weighted by molar-refractivity contribution is 0.369. The molecule has 0 unspecified atom stereocenters. The molecule has 0 saturated carbocycles. The number of phenols is 1. The Morgan fingerprint density at radius 3 is 2.55 bits per heavy atom. The SMILES string of the molecule is CN=C(NCc1cccc(Cn2ccnc2)c1)N1CCN(c2ccccc2O)CC1.I. The number of halogens is 1. The van der Waals surface area contributed by atoms with E-state index >= 15 is 0 Å². The molecular formula is C23H29IN6O. The zero-order chi connectivity index (χ0) is 20.8. The van der Waals surface area contributed by atoms with E-state index in [9.17, 15) is 5.11 Å². The fraction of sp³-hybridized carbons (Fsp3) is 0.304. The third-order valence-corrected chi connectivity index (χ3v) is 5.38. The van der Waals surface area contributed by atoms with Crippen LogP contribution in [-0.2, 0) is 13.1 Å². The van der Waals surface area contributed by atoms with E-state index in [4.69, 9.17) is 0 Å². The predicted molar refractivity (Wildman–Crippen MR) is 135 cm³/mol. The molecule has 2 aromatic carbocycles. The molecular weight excluding hydrogens is 503 g/mol. The standard InChI is InChI=1S/C23H28N6O.HI/c1-24-23(29-13-11-28(12-14-29)21-7-2-3-8-22(21)30)26-16-19-5-4-6-20(15-19)17-27-10-9-25-18-27;/h2-10,15,18,30H,11-14,16-17H2,1H3,(H,24,26);1H. The van der Waals surface area contributed by atoms with E-state index in [2.05, 4.69) is 53.9 Å². The summed E-state index contributed by atoms with van der Waals surface area (Å²) >= 11 is 0. The van der Waals surface area contributed by atoms with E-state index < -0.39 is 0 Å². The van der Waals surface area contributed by atoms with Crippen molar-refractivity contribution in [2.75, 3.05) is 38.1 Å². The van der Waals surface area contributed by atoms with Crippen LogP contribution in [0.25, 0.3) is 0 Å². The van der Waals surface area contributed by atoms with Crippen LogP contribution in [0, 0.1) is 0 Å². The molecule has 3 aromatic rings. The van der Waals surface area contributed by atoms with Crippen LogP contribution >= 0.6 is 24.0 Å². The molecule has 2 heterocycles. The molecule has 1 fully saturated rings. The third kappa shape index (κ3) is 5.90. The molecule has 2 N–H and O–H groups in total. The fourth-order valence-corrected chi connectivity index (χ4v) is 3.83. The Bertz CT molecular complexity index is 983. The number of guanidine groups is 1. The molecule has 1 aliphatic rings. The summed E-state index contributed by atoms with van der Waals surface area (Å²) in [6.07, 6.45) is 5.61. The largest absolute Gasteiger partial charge is 0.506 e. The van der Waals surface area contributed by atoms with Crippen molar-refractivity contribution in [2.45, 2.75) is 13.1 Å². The first-order chi connectivity index (χ1) is 14.7. The molecule has 1 saturated heterocycles. The second-order valence-electron chi connectivity index (χ2n) is 7.42. The third-order valence-electron chi connectivity index (χ3n) is 5.38. The van der Waals surface area contributed by atoms with Gasteiger partial charge in [-0.15, -0.1) is 24.0 Å². The Hall–Kier alpha value is -2.75. The smallest absolute Gasteiger partial charge is 0.194 e. The number of phenolic OH excluding ortho intramolecular Hbond substituents is 1. The summed E-state index contributed by atoms with van der Waals surface area (Å²) in [7, 11) is 1.83. The Morgan fingerprint density at radius 1 is 1.06 bits per heavy atom. The van der Waals surface area contributed by atoms with Crippen LogP contribution in [0.3, 0.4) is 0 Å². The topological polar surface area (TPSA) is 68.9 Å². The molecule has 8 heteroatoms. The molecule has 0 radical (unpaired) electrons. The summed E-state index contributed by atoms with van der Waals surface area (Å²) in [6, 6.07) is 16.1. The highest BCUT2D eigenvalue weighted by Gasteiger charge is 2.21. The summed E-state index contributed by atoms with van der Waals surface area (Å²) in [5.41, 5.74) is 3.37.